The van der Waals surface area contributed by atoms with Crippen molar-refractivity contribution in [1.29, 1.82) is 0 Å². The molecule has 0 fully saturated rings. The summed E-state index contributed by atoms with van der Waals surface area (Å²) >= 11 is 0. The molecule has 70 valence electrons. The van der Waals surface area contributed by atoms with Crippen molar-refractivity contribution in [3.05, 3.63) is 12.7 Å². The molecule has 0 saturated heterocycles. The molecule has 0 aliphatic carbocycles. The Labute approximate surface area is 73.8 Å². The Morgan fingerprint density at radius 1 is 1.58 bits per heavy atom. The Morgan fingerprint density at radius 3 is 2.92 bits per heavy atom. The van der Waals surface area contributed by atoms with Gasteiger partial charge in [-0.3, -0.25) is 5.32 Å². The van der Waals surface area contributed by atoms with E-state index >= 15 is 0 Å². The normalized spacial score (nSPS) is 9.42. The molecule has 3 nitrogen and oxygen atoms in total. The zero-order chi connectivity index (χ0) is 9.23. The van der Waals surface area contributed by atoms with Crippen molar-refractivity contribution in [2.24, 2.45) is 0 Å². The zero-order valence-corrected chi connectivity index (χ0v) is 7.64. The molecule has 3 heteroatoms. The second-order valence-corrected chi connectivity index (χ2v) is 2.52. The van der Waals surface area contributed by atoms with E-state index in [0.717, 1.165) is 19.0 Å². The molecule has 0 spiro atoms. The van der Waals surface area contributed by atoms with Crippen LogP contribution in [-0.2, 0) is 9.53 Å². The lowest BCUT2D eigenvalue weighted by molar-refractivity contribution is -0.138. The smallest absolute Gasteiger partial charge is 0.331 e. The summed E-state index contributed by atoms with van der Waals surface area (Å²) in [6.07, 6.45) is 4.70. The summed E-state index contributed by atoms with van der Waals surface area (Å²) in [5.74, 6) is -0.377. The van der Waals surface area contributed by atoms with Crippen LogP contribution in [0.3, 0.4) is 0 Å². The van der Waals surface area contributed by atoms with E-state index in [1.54, 1.807) is 0 Å². The fourth-order valence-electron chi connectivity index (χ4n) is 0.753. The van der Waals surface area contributed by atoms with E-state index in [-0.39, 0.29) is 12.7 Å². The fourth-order valence-corrected chi connectivity index (χ4v) is 0.753. The number of esters is 1. The highest BCUT2D eigenvalue weighted by Gasteiger charge is 1.92. The van der Waals surface area contributed by atoms with Crippen LogP contribution < -0.4 is 5.32 Å². The van der Waals surface area contributed by atoms with E-state index in [1.165, 1.54) is 12.8 Å². The van der Waals surface area contributed by atoms with Crippen molar-refractivity contribution in [3.63, 3.8) is 0 Å². The third-order valence-electron chi connectivity index (χ3n) is 1.44. The minimum Gasteiger partial charge on any atom is -0.447 e. The molecule has 0 atom stereocenters. The number of unbranched alkanes of at least 4 members (excludes halogenated alkanes) is 2. The second-order valence-electron chi connectivity index (χ2n) is 2.52. The van der Waals surface area contributed by atoms with Crippen LogP contribution in [0.1, 0.15) is 26.2 Å². The average molecular weight is 171 g/mol. The summed E-state index contributed by atoms with van der Waals surface area (Å²) < 4.78 is 4.70. The van der Waals surface area contributed by atoms with Gasteiger partial charge in [-0.25, -0.2) is 4.79 Å². The Kier molecular flexibility index (Phi) is 7.70. The van der Waals surface area contributed by atoms with Gasteiger partial charge in [-0.1, -0.05) is 26.3 Å². The molecule has 0 aromatic heterocycles. The molecule has 0 aromatic carbocycles. The van der Waals surface area contributed by atoms with Gasteiger partial charge in [0.25, 0.3) is 0 Å². The van der Waals surface area contributed by atoms with Gasteiger partial charge in [-0.15, -0.1) is 0 Å². The Bertz CT molecular complexity index is 134. The summed E-state index contributed by atoms with van der Waals surface area (Å²) in [6, 6.07) is 0. The first-order chi connectivity index (χ1) is 5.81. The number of carbonyl (C=O) groups excluding carboxylic acids is 1. The van der Waals surface area contributed by atoms with Crippen LogP contribution in [-0.4, -0.2) is 19.2 Å². The average Bonchev–Trinajstić information content (AvgIpc) is 2.10. The van der Waals surface area contributed by atoms with Gasteiger partial charge in [0.15, 0.2) is 0 Å². The topological polar surface area (TPSA) is 38.3 Å². The summed E-state index contributed by atoms with van der Waals surface area (Å²) in [5, 5.41) is 2.99. The van der Waals surface area contributed by atoms with Gasteiger partial charge in [-0.05, 0) is 13.0 Å². The van der Waals surface area contributed by atoms with Crippen LogP contribution >= 0.6 is 0 Å². The highest BCUT2D eigenvalue weighted by atomic mass is 16.5. The Hall–Kier alpha value is -0.830. The van der Waals surface area contributed by atoms with Crippen LogP contribution in [0, 0.1) is 0 Å². The van der Waals surface area contributed by atoms with E-state index in [9.17, 15) is 4.79 Å². The van der Waals surface area contributed by atoms with E-state index in [4.69, 9.17) is 4.74 Å². The van der Waals surface area contributed by atoms with Crippen molar-refractivity contribution in [3.8, 4) is 0 Å². The monoisotopic (exact) mass is 171 g/mol. The molecular formula is C9H17NO2. The number of ether oxygens (including phenoxy) is 1. The van der Waals surface area contributed by atoms with Crippen molar-refractivity contribution in [2.75, 3.05) is 13.3 Å². The highest BCUT2D eigenvalue weighted by molar-refractivity contribution is 5.81. The van der Waals surface area contributed by atoms with Crippen molar-refractivity contribution in [2.45, 2.75) is 26.2 Å². The van der Waals surface area contributed by atoms with E-state index in [1.807, 2.05) is 0 Å². The summed E-state index contributed by atoms with van der Waals surface area (Å²) in [4.78, 5) is 10.5. The van der Waals surface area contributed by atoms with Gasteiger partial charge in [-0.2, -0.15) is 0 Å². The first kappa shape index (κ1) is 11.2. The molecule has 12 heavy (non-hydrogen) atoms. The quantitative estimate of drug-likeness (QED) is 0.273. The molecule has 0 heterocycles. The molecule has 0 radical (unpaired) electrons. The summed E-state index contributed by atoms with van der Waals surface area (Å²) in [5.41, 5.74) is 0. The maximum absolute atomic E-state index is 10.5. The lowest BCUT2D eigenvalue weighted by Gasteiger charge is -2.03. The lowest BCUT2D eigenvalue weighted by atomic mass is 10.2. The van der Waals surface area contributed by atoms with Gasteiger partial charge in [0.05, 0.1) is 0 Å². The van der Waals surface area contributed by atoms with E-state index in [2.05, 4.69) is 18.8 Å². The van der Waals surface area contributed by atoms with E-state index < -0.39 is 0 Å². The standard InChI is InChI=1S/C9H17NO2/c1-3-5-6-7-10-8-12-9(11)4-2/h4,10H,2-3,5-8H2,1H3. The number of rotatable bonds is 7. The molecule has 0 aliphatic heterocycles. The number of hydrogen-bond donors (Lipinski definition) is 1. The van der Waals surface area contributed by atoms with Crippen LogP contribution in [0.15, 0.2) is 12.7 Å². The molecule has 1 N–H and O–H groups in total. The van der Waals surface area contributed by atoms with Crippen LogP contribution in [0.4, 0.5) is 0 Å². The zero-order valence-electron chi connectivity index (χ0n) is 7.64. The maximum atomic E-state index is 10.5. The van der Waals surface area contributed by atoms with E-state index in [0.29, 0.717) is 0 Å². The molecule has 0 aromatic rings. The minimum absolute atomic E-state index is 0.286. The third kappa shape index (κ3) is 7.28. The summed E-state index contributed by atoms with van der Waals surface area (Å²) in [7, 11) is 0. The van der Waals surface area contributed by atoms with Gasteiger partial charge in [0.1, 0.15) is 6.73 Å². The number of carbonyl (C=O) groups is 1. The Balaban J connectivity index is 3.00. The first-order valence-corrected chi connectivity index (χ1v) is 4.31. The van der Waals surface area contributed by atoms with Crippen molar-refractivity contribution in [1.82, 2.24) is 5.32 Å². The van der Waals surface area contributed by atoms with Crippen molar-refractivity contribution >= 4 is 5.97 Å². The molecular weight excluding hydrogens is 154 g/mol. The maximum Gasteiger partial charge on any atom is 0.331 e. The largest absolute Gasteiger partial charge is 0.447 e. The molecule has 0 saturated carbocycles. The SMILES string of the molecule is C=CC(=O)OCNCCCCC. The third-order valence-corrected chi connectivity index (χ3v) is 1.44. The molecule has 0 amide bonds. The Morgan fingerprint density at radius 2 is 2.33 bits per heavy atom. The second kappa shape index (κ2) is 8.27. The number of hydrogen-bond acceptors (Lipinski definition) is 3. The van der Waals surface area contributed by atoms with Gasteiger partial charge in [0, 0.05) is 6.08 Å². The predicted molar refractivity (Wildman–Crippen MR) is 48.7 cm³/mol. The lowest BCUT2D eigenvalue weighted by Crippen LogP contribution is -2.20. The van der Waals surface area contributed by atoms with Gasteiger partial charge < -0.3 is 4.74 Å². The molecule has 0 rings (SSSR count). The van der Waals surface area contributed by atoms with Gasteiger partial charge >= 0.3 is 5.97 Å². The van der Waals surface area contributed by atoms with Crippen LogP contribution in [0.25, 0.3) is 0 Å². The van der Waals surface area contributed by atoms with Crippen LogP contribution in [0.2, 0.25) is 0 Å². The fraction of sp³-hybridized carbons (Fsp3) is 0.667. The molecule has 0 bridgehead atoms. The minimum atomic E-state index is -0.377. The molecule has 0 unspecified atom stereocenters. The first-order valence-electron chi connectivity index (χ1n) is 4.31. The van der Waals surface area contributed by atoms with Gasteiger partial charge in [0.2, 0.25) is 0 Å². The number of nitrogens with one attached hydrogen (secondary N) is 1. The molecule has 0 aliphatic rings. The summed E-state index contributed by atoms with van der Waals surface area (Å²) in [6.45, 7) is 6.62. The highest BCUT2D eigenvalue weighted by Crippen LogP contribution is 1.90. The predicted octanol–water partition coefficient (Wildman–Crippen LogP) is 1.45. The van der Waals surface area contributed by atoms with Crippen molar-refractivity contribution < 1.29 is 9.53 Å². The van der Waals surface area contributed by atoms with Crippen LogP contribution in [0.5, 0.6) is 0 Å².